The molecular weight excluding hydrogens is 386 g/mol. The third-order valence-electron chi connectivity index (χ3n) is 4.21. The molecule has 1 atom stereocenters. The molecule has 1 aliphatic carbocycles. The molecule has 0 saturated heterocycles. The predicted molar refractivity (Wildman–Crippen MR) is 116 cm³/mol. The van der Waals surface area contributed by atoms with E-state index >= 15 is 0 Å². The number of carbonyl (C=O) groups is 1. The SMILES string of the molecule is Cc1csc(NC(=O)c2cc(OC(C)C)nc(OC(C)CC3=CC=CCC3)c2)n1. The van der Waals surface area contributed by atoms with Gasteiger partial charge in [-0.25, -0.2) is 4.98 Å². The Morgan fingerprint density at radius 3 is 2.59 bits per heavy atom. The summed E-state index contributed by atoms with van der Waals surface area (Å²) in [5.41, 5.74) is 2.64. The zero-order valence-electron chi connectivity index (χ0n) is 17.3. The second-order valence-electron chi connectivity index (χ2n) is 7.37. The molecule has 3 rings (SSSR count). The maximum atomic E-state index is 12.7. The van der Waals surface area contributed by atoms with Crippen LogP contribution < -0.4 is 14.8 Å². The number of nitrogens with zero attached hydrogens (tertiary/aromatic N) is 2. The van der Waals surface area contributed by atoms with Gasteiger partial charge in [-0.2, -0.15) is 4.98 Å². The van der Waals surface area contributed by atoms with E-state index < -0.39 is 0 Å². The average molecular weight is 414 g/mol. The molecular formula is C22H27N3O3S. The van der Waals surface area contributed by atoms with E-state index in [0.717, 1.165) is 25.0 Å². The quantitative estimate of drug-likeness (QED) is 0.634. The topological polar surface area (TPSA) is 73.3 Å². The monoisotopic (exact) mass is 413 g/mol. The van der Waals surface area contributed by atoms with Crippen LogP contribution in [0.25, 0.3) is 0 Å². The number of hydrogen-bond donors (Lipinski definition) is 1. The number of thiazole rings is 1. The van der Waals surface area contributed by atoms with Crippen molar-refractivity contribution in [2.45, 2.75) is 59.2 Å². The smallest absolute Gasteiger partial charge is 0.257 e. The van der Waals surface area contributed by atoms with Crippen LogP contribution in [0.15, 0.2) is 41.3 Å². The summed E-state index contributed by atoms with van der Waals surface area (Å²) in [4.78, 5) is 21.4. The Balaban J connectivity index is 1.76. The van der Waals surface area contributed by atoms with E-state index in [1.54, 1.807) is 12.1 Å². The standard InChI is InChI=1S/C22H27N3O3S/c1-14(2)27-19-11-18(21(26)25-22-23-15(3)13-29-22)12-20(24-19)28-16(4)10-17-8-6-5-7-9-17/h5-6,8,11-14,16H,7,9-10H2,1-4H3,(H,23,25,26). The Morgan fingerprint density at radius 2 is 1.97 bits per heavy atom. The minimum atomic E-state index is -0.270. The lowest BCUT2D eigenvalue weighted by molar-refractivity contribution is 0.102. The molecule has 0 spiro atoms. The number of amides is 1. The van der Waals surface area contributed by atoms with Crippen molar-refractivity contribution in [3.05, 3.63) is 52.6 Å². The molecule has 1 unspecified atom stereocenters. The molecule has 0 saturated carbocycles. The van der Waals surface area contributed by atoms with Gasteiger partial charge in [-0.15, -0.1) is 11.3 Å². The number of rotatable bonds is 8. The van der Waals surface area contributed by atoms with Crippen LogP contribution in [0, 0.1) is 6.92 Å². The first-order valence-corrected chi connectivity index (χ1v) is 10.7. The Kier molecular flexibility index (Phi) is 7.04. The van der Waals surface area contributed by atoms with Gasteiger partial charge in [0.25, 0.3) is 5.91 Å². The van der Waals surface area contributed by atoms with Gasteiger partial charge in [0.1, 0.15) is 6.10 Å². The maximum Gasteiger partial charge on any atom is 0.257 e. The summed E-state index contributed by atoms with van der Waals surface area (Å²) in [6, 6.07) is 3.27. The summed E-state index contributed by atoms with van der Waals surface area (Å²) >= 11 is 1.39. The number of ether oxygens (including phenoxy) is 2. The van der Waals surface area contributed by atoms with Gasteiger partial charge in [0.2, 0.25) is 11.8 Å². The molecule has 7 heteroatoms. The fourth-order valence-corrected chi connectivity index (χ4v) is 3.68. The van der Waals surface area contributed by atoms with Gasteiger partial charge in [-0.05, 0) is 40.5 Å². The van der Waals surface area contributed by atoms with Gasteiger partial charge in [0, 0.05) is 23.9 Å². The number of aryl methyl sites for hydroxylation is 1. The van der Waals surface area contributed by atoms with E-state index in [9.17, 15) is 4.79 Å². The van der Waals surface area contributed by atoms with Crippen LogP contribution in [0.5, 0.6) is 11.8 Å². The van der Waals surface area contributed by atoms with Crippen LogP contribution in [-0.4, -0.2) is 28.1 Å². The zero-order valence-corrected chi connectivity index (χ0v) is 18.1. The third kappa shape index (κ3) is 6.42. The molecule has 0 aromatic carbocycles. The van der Waals surface area contributed by atoms with E-state index in [0.29, 0.717) is 22.5 Å². The minimum absolute atomic E-state index is 0.0629. The molecule has 29 heavy (non-hydrogen) atoms. The van der Waals surface area contributed by atoms with Crippen LogP contribution in [0.1, 0.15) is 56.1 Å². The summed E-state index contributed by atoms with van der Waals surface area (Å²) in [7, 11) is 0. The summed E-state index contributed by atoms with van der Waals surface area (Å²) in [6.07, 6.45) is 9.20. The molecule has 154 valence electrons. The van der Waals surface area contributed by atoms with E-state index in [-0.39, 0.29) is 18.1 Å². The second-order valence-corrected chi connectivity index (χ2v) is 8.23. The first-order valence-electron chi connectivity index (χ1n) is 9.82. The van der Waals surface area contributed by atoms with E-state index in [4.69, 9.17) is 9.47 Å². The fourth-order valence-electron chi connectivity index (χ4n) is 2.99. The lowest BCUT2D eigenvalue weighted by Crippen LogP contribution is -2.17. The van der Waals surface area contributed by atoms with Crippen LogP contribution in [0.4, 0.5) is 5.13 Å². The highest BCUT2D eigenvalue weighted by molar-refractivity contribution is 7.13. The highest BCUT2D eigenvalue weighted by Gasteiger charge is 2.16. The predicted octanol–water partition coefficient (Wildman–Crippen LogP) is 5.32. The first-order chi connectivity index (χ1) is 13.9. The van der Waals surface area contributed by atoms with Crippen molar-refractivity contribution >= 4 is 22.4 Å². The summed E-state index contributed by atoms with van der Waals surface area (Å²) in [5.74, 6) is 0.473. The van der Waals surface area contributed by atoms with Gasteiger partial charge in [-0.1, -0.05) is 23.8 Å². The molecule has 0 bridgehead atoms. The maximum absolute atomic E-state index is 12.7. The molecule has 2 aromatic rings. The van der Waals surface area contributed by atoms with Crippen LogP contribution >= 0.6 is 11.3 Å². The zero-order chi connectivity index (χ0) is 20.8. The van der Waals surface area contributed by atoms with E-state index in [1.165, 1.54) is 16.9 Å². The van der Waals surface area contributed by atoms with Gasteiger partial charge < -0.3 is 9.47 Å². The highest BCUT2D eigenvalue weighted by Crippen LogP contribution is 2.24. The molecule has 1 aliphatic rings. The van der Waals surface area contributed by atoms with Crippen molar-refractivity contribution in [3.63, 3.8) is 0 Å². The Bertz CT molecular complexity index is 918. The average Bonchev–Trinajstić information content (AvgIpc) is 3.06. The molecule has 6 nitrogen and oxygen atoms in total. The van der Waals surface area contributed by atoms with Crippen molar-refractivity contribution in [3.8, 4) is 11.8 Å². The Labute approximate surface area is 175 Å². The lowest BCUT2D eigenvalue weighted by Gasteiger charge is -2.18. The Morgan fingerprint density at radius 1 is 1.21 bits per heavy atom. The van der Waals surface area contributed by atoms with Gasteiger partial charge in [0.05, 0.1) is 17.4 Å². The van der Waals surface area contributed by atoms with Crippen molar-refractivity contribution in [1.82, 2.24) is 9.97 Å². The molecule has 0 fully saturated rings. The molecule has 0 aliphatic heterocycles. The van der Waals surface area contributed by atoms with E-state index in [2.05, 4.69) is 33.5 Å². The number of pyridine rings is 1. The molecule has 2 heterocycles. The number of nitrogens with one attached hydrogen (secondary N) is 1. The van der Waals surface area contributed by atoms with Crippen molar-refractivity contribution < 1.29 is 14.3 Å². The van der Waals surface area contributed by atoms with Gasteiger partial charge >= 0.3 is 0 Å². The van der Waals surface area contributed by atoms with E-state index in [1.807, 2.05) is 33.1 Å². The summed E-state index contributed by atoms with van der Waals surface area (Å²) in [5, 5.41) is 5.27. The number of anilines is 1. The summed E-state index contributed by atoms with van der Waals surface area (Å²) < 4.78 is 11.8. The number of allylic oxidation sites excluding steroid dienone is 3. The van der Waals surface area contributed by atoms with Crippen molar-refractivity contribution in [2.75, 3.05) is 5.32 Å². The third-order valence-corrected chi connectivity index (χ3v) is 5.08. The van der Waals surface area contributed by atoms with Crippen molar-refractivity contribution in [2.24, 2.45) is 0 Å². The lowest BCUT2D eigenvalue weighted by atomic mass is 10.00. The van der Waals surface area contributed by atoms with Crippen LogP contribution in [-0.2, 0) is 0 Å². The van der Waals surface area contributed by atoms with Gasteiger partial charge in [-0.3, -0.25) is 10.1 Å². The number of hydrogen-bond acceptors (Lipinski definition) is 6. The normalized spacial score (nSPS) is 14.4. The molecule has 2 aromatic heterocycles. The summed E-state index contributed by atoms with van der Waals surface area (Å²) in [6.45, 7) is 7.73. The molecule has 1 amide bonds. The largest absolute Gasteiger partial charge is 0.475 e. The second kappa shape index (κ2) is 9.69. The van der Waals surface area contributed by atoms with Crippen LogP contribution in [0.2, 0.25) is 0 Å². The molecule has 1 N–H and O–H groups in total. The highest BCUT2D eigenvalue weighted by atomic mass is 32.1. The Hall–Kier alpha value is -2.67. The number of carbonyl (C=O) groups excluding carboxylic acids is 1. The minimum Gasteiger partial charge on any atom is -0.475 e. The van der Waals surface area contributed by atoms with Crippen LogP contribution in [0.3, 0.4) is 0 Å². The molecule has 0 radical (unpaired) electrons. The van der Waals surface area contributed by atoms with Gasteiger partial charge in [0.15, 0.2) is 5.13 Å². The fraction of sp³-hybridized carbons (Fsp3) is 0.409. The number of aromatic nitrogens is 2. The first kappa shape index (κ1) is 21.0. The van der Waals surface area contributed by atoms with Crippen molar-refractivity contribution in [1.29, 1.82) is 0 Å².